The number of H-pyrrole nitrogens is 1. The molecule has 0 saturated heterocycles. The van der Waals surface area contributed by atoms with Gasteiger partial charge >= 0.3 is 0 Å². The molecule has 2 heterocycles. The molecule has 0 fully saturated rings. The fraction of sp³-hybridized carbons (Fsp3) is 0.148. The number of aromatic nitrogens is 1. The second-order valence-corrected chi connectivity index (χ2v) is 8.22. The first-order chi connectivity index (χ1) is 14.8. The summed E-state index contributed by atoms with van der Waals surface area (Å²) in [6.45, 7) is 0. The molecule has 4 aromatic rings. The predicted octanol–water partition coefficient (Wildman–Crippen LogP) is 6.75. The predicted molar refractivity (Wildman–Crippen MR) is 125 cm³/mol. The number of benzene rings is 3. The van der Waals surface area contributed by atoms with E-state index in [4.69, 9.17) is 0 Å². The summed E-state index contributed by atoms with van der Waals surface area (Å²) in [6.07, 6.45) is 7.75. The monoisotopic (exact) mass is 389 g/mol. The van der Waals surface area contributed by atoms with Gasteiger partial charge in [0.2, 0.25) is 0 Å². The van der Waals surface area contributed by atoms with Crippen molar-refractivity contribution in [3.63, 3.8) is 0 Å². The van der Waals surface area contributed by atoms with E-state index < -0.39 is 0 Å². The van der Waals surface area contributed by atoms with Gasteiger partial charge in [0.05, 0.1) is 23.6 Å². The van der Waals surface area contributed by atoms with Crippen molar-refractivity contribution in [3.8, 4) is 0 Å². The molecule has 146 valence electrons. The molecule has 3 aromatic carbocycles. The summed E-state index contributed by atoms with van der Waals surface area (Å²) in [5.41, 5.74) is 7.13. The van der Waals surface area contributed by atoms with E-state index in [-0.39, 0.29) is 0 Å². The van der Waals surface area contributed by atoms with E-state index in [0.29, 0.717) is 17.9 Å². The van der Waals surface area contributed by atoms with Crippen LogP contribution in [-0.4, -0.2) is 11.2 Å². The Morgan fingerprint density at radius 3 is 2.63 bits per heavy atom. The topological polar surface area (TPSA) is 40.2 Å². The third-order valence-corrected chi connectivity index (χ3v) is 6.43. The minimum absolute atomic E-state index is 0.326. The Balaban J connectivity index is 1.25. The van der Waals surface area contributed by atoms with E-state index in [2.05, 4.69) is 100 Å². The third kappa shape index (κ3) is 2.94. The number of allylic oxidation sites excluding steroid dienone is 2. The Morgan fingerprint density at radius 2 is 1.73 bits per heavy atom. The summed E-state index contributed by atoms with van der Waals surface area (Å²) in [4.78, 5) is 8.07. The molecule has 0 saturated carbocycles. The number of nitrogens with one attached hydrogen (secondary N) is 2. The van der Waals surface area contributed by atoms with Crippen molar-refractivity contribution in [2.45, 2.75) is 18.4 Å². The number of rotatable bonds is 3. The lowest BCUT2D eigenvalue weighted by Gasteiger charge is -2.37. The van der Waals surface area contributed by atoms with Crippen molar-refractivity contribution in [1.29, 1.82) is 0 Å². The molecule has 6 rings (SSSR count). The van der Waals surface area contributed by atoms with Crippen molar-refractivity contribution in [2.75, 3.05) is 5.32 Å². The molecule has 3 atom stereocenters. The van der Waals surface area contributed by atoms with Crippen LogP contribution in [0.1, 0.15) is 35.2 Å². The quantitative estimate of drug-likeness (QED) is 0.295. The van der Waals surface area contributed by atoms with Crippen LogP contribution < -0.4 is 5.32 Å². The summed E-state index contributed by atoms with van der Waals surface area (Å²) >= 11 is 0. The fourth-order valence-corrected chi connectivity index (χ4v) is 4.95. The molecule has 2 N–H and O–H groups in total. The second kappa shape index (κ2) is 7.03. The standard InChI is InChI=1S/C27H23N3/c1-3-10-25-19(6-1)16-21(29-25)17-28-20-14-12-18(13-15-20)27-24-9-5-8-22(24)23-7-2-4-11-26(23)30-27/h1-8,10-17,22,24,27,29-30H,9H2/t22-,24+,27+/m1/s1. The first-order valence-corrected chi connectivity index (χ1v) is 10.6. The van der Waals surface area contributed by atoms with Crippen molar-refractivity contribution in [2.24, 2.45) is 10.9 Å². The summed E-state index contributed by atoms with van der Waals surface area (Å²) in [7, 11) is 0. The van der Waals surface area contributed by atoms with Gasteiger partial charge in [0, 0.05) is 22.5 Å². The Bertz CT molecular complexity index is 1230. The van der Waals surface area contributed by atoms with Crippen LogP contribution in [0, 0.1) is 5.92 Å². The van der Waals surface area contributed by atoms with Crippen LogP contribution >= 0.6 is 0 Å². The van der Waals surface area contributed by atoms with Crippen molar-refractivity contribution < 1.29 is 0 Å². The van der Waals surface area contributed by atoms with Gasteiger partial charge in [0.15, 0.2) is 0 Å². The molecule has 3 nitrogen and oxygen atoms in total. The molecule has 0 spiro atoms. The van der Waals surface area contributed by atoms with Gasteiger partial charge in [-0.2, -0.15) is 0 Å². The van der Waals surface area contributed by atoms with E-state index in [1.165, 1.54) is 22.2 Å². The molecule has 0 radical (unpaired) electrons. The van der Waals surface area contributed by atoms with E-state index in [0.717, 1.165) is 23.3 Å². The highest BCUT2D eigenvalue weighted by Crippen LogP contribution is 2.49. The van der Waals surface area contributed by atoms with E-state index >= 15 is 0 Å². The van der Waals surface area contributed by atoms with Gasteiger partial charge in [-0.15, -0.1) is 0 Å². The maximum absolute atomic E-state index is 4.67. The lowest BCUT2D eigenvalue weighted by molar-refractivity contribution is 0.425. The molecule has 3 heteroatoms. The Morgan fingerprint density at radius 1 is 0.900 bits per heavy atom. The summed E-state index contributed by atoms with van der Waals surface area (Å²) in [6, 6.07) is 28.1. The third-order valence-electron chi connectivity index (χ3n) is 6.43. The molecule has 0 bridgehead atoms. The van der Waals surface area contributed by atoms with E-state index in [1.807, 2.05) is 12.3 Å². The number of para-hydroxylation sites is 2. The zero-order chi connectivity index (χ0) is 19.9. The number of aromatic amines is 1. The zero-order valence-electron chi connectivity index (χ0n) is 16.6. The SMILES string of the molecule is C1=C[C@@H]2c3ccccc3N[C@@H](c3ccc(N=Cc4cc5ccccc5[nH]4)cc3)[C@H]2C1. The molecule has 1 aliphatic carbocycles. The van der Waals surface area contributed by atoms with Gasteiger partial charge in [0.25, 0.3) is 0 Å². The Kier molecular flexibility index (Phi) is 4.05. The maximum Gasteiger partial charge on any atom is 0.0630 e. The molecule has 2 aliphatic rings. The highest BCUT2D eigenvalue weighted by Gasteiger charge is 2.37. The lowest BCUT2D eigenvalue weighted by atomic mass is 9.77. The Labute approximate surface area is 176 Å². The van der Waals surface area contributed by atoms with Gasteiger partial charge in [-0.05, 0) is 53.8 Å². The van der Waals surface area contributed by atoms with Gasteiger partial charge in [-0.25, -0.2) is 0 Å². The molecule has 30 heavy (non-hydrogen) atoms. The number of hydrogen-bond acceptors (Lipinski definition) is 2. The number of anilines is 1. The van der Waals surface area contributed by atoms with Crippen molar-refractivity contribution >= 4 is 28.5 Å². The molecule has 1 aromatic heterocycles. The molecular formula is C27H23N3. The average Bonchev–Trinajstić information content (AvgIpc) is 3.45. The van der Waals surface area contributed by atoms with Crippen LogP contribution in [-0.2, 0) is 0 Å². The number of fused-ring (bicyclic) bond motifs is 4. The average molecular weight is 390 g/mol. The first-order valence-electron chi connectivity index (χ1n) is 10.6. The summed E-state index contributed by atoms with van der Waals surface area (Å²) in [5.74, 6) is 1.08. The van der Waals surface area contributed by atoms with Gasteiger partial charge in [-0.3, -0.25) is 4.99 Å². The summed E-state index contributed by atoms with van der Waals surface area (Å²) in [5, 5.41) is 5.00. The van der Waals surface area contributed by atoms with E-state index in [9.17, 15) is 0 Å². The van der Waals surface area contributed by atoms with Gasteiger partial charge < -0.3 is 10.3 Å². The normalized spacial score (nSPS) is 22.2. The number of nitrogens with zero attached hydrogens (tertiary/aromatic N) is 1. The van der Waals surface area contributed by atoms with Crippen molar-refractivity contribution in [1.82, 2.24) is 4.98 Å². The van der Waals surface area contributed by atoms with Gasteiger partial charge in [-0.1, -0.05) is 60.7 Å². The van der Waals surface area contributed by atoms with E-state index in [1.54, 1.807) is 0 Å². The minimum atomic E-state index is 0.326. The lowest BCUT2D eigenvalue weighted by Crippen LogP contribution is -2.28. The summed E-state index contributed by atoms with van der Waals surface area (Å²) < 4.78 is 0. The van der Waals surface area contributed by atoms with Crippen LogP contribution in [0.5, 0.6) is 0 Å². The highest BCUT2D eigenvalue weighted by molar-refractivity contribution is 5.90. The van der Waals surface area contributed by atoms with Crippen LogP contribution in [0.3, 0.4) is 0 Å². The largest absolute Gasteiger partial charge is 0.378 e. The molecule has 0 amide bonds. The van der Waals surface area contributed by atoms with Crippen LogP contribution in [0.4, 0.5) is 11.4 Å². The minimum Gasteiger partial charge on any atom is -0.378 e. The molecule has 0 unspecified atom stereocenters. The molecular weight excluding hydrogens is 366 g/mol. The smallest absolute Gasteiger partial charge is 0.0630 e. The van der Waals surface area contributed by atoms with Crippen LogP contribution in [0.15, 0.2) is 96.0 Å². The molecule has 1 aliphatic heterocycles. The number of aliphatic imine (C=N–C) groups is 1. The fourth-order valence-electron chi connectivity index (χ4n) is 4.95. The zero-order valence-corrected chi connectivity index (χ0v) is 16.6. The number of hydrogen-bond donors (Lipinski definition) is 2. The van der Waals surface area contributed by atoms with Crippen LogP contribution in [0.2, 0.25) is 0 Å². The Hall–Kier alpha value is -3.59. The first kappa shape index (κ1) is 17.3. The maximum atomic E-state index is 4.67. The second-order valence-electron chi connectivity index (χ2n) is 8.22. The van der Waals surface area contributed by atoms with Crippen molar-refractivity contribution in [3.05, 3.63) is 108 Å². The van der Waals surface area contributed by atoms with Gasteiger partial charge in [0.1, 0.15) is 0 Å². The highest BCUT2D eigenvalue weighted by atomic mass is 15.0. The van der Waals surface area contributed by atoms with Crippen LogP contribution in [0.25, 0.3) is 10.9 Å².